The van der Waals surface area contributed by atoms with Gasteiger partial charge in [-0.25, -0.2) is 0 Å². The third kappa shape index (κ3) is 4.10. The molecule has 0 bridgehead atoms. The molecular formula is C16H26N2O2. The first-order valence-electron chi connectivity index (χ1n) is 7.69. The molecule has 20 heavy (non-hydrogen) atoms. The Bertz CT molecular complexity index is 435. The fourth-order valence-electron chi connectivity index (χ4n) is 2.79. The van der Waals surface area contributed by atoms with Crippen molar-refractivity contribution in [1.82, 2.24) is 10.6 Å². The normalized spacial score (nSPS) is 19.6. The van der Waals surface area contributed by atoms with Gasteiger partial charge in [-0.05, 0) is 45.7 Å². The topological polar surface area (TPSA) is 54.3 Å². The van der Waals surface area contributed by atoms with Crippen LogP contribution in [0.25, 0.3) is 0 Å². The lowest BCUT2D eigenvalue weighted by Gasteiger charge is -2.25. The molecule has 1 heterocycles. The fourth-order valence-corrected chi connectivity index (χ4v) is 2.79. The molecular weight excluding hydrogens is 252 g/mol. The SMILES string of the molecule is Cc1ccc(C(C)NC(C)C(=O)NC2CCCCC2)o1. The van der Waals surface area contributed by atoms with Crippen molar-refractivity contribution < 1.29 is 9.21 Å². The first-order valence-corrected chi connectivity index (χ1v) is 7.69. The van der Waals surface area contributed by atoms with E-state index in [1.165, 1.54) is 19.3 Å². The van der Waals surface area contributed by atoms with Crippen LogP contribution in [0.5, 0.6) is 0 Å². The molecule has 1 saturated carbocycles. The van der Waals surface area contributed by atoms with E-state index in [0.29, 0.717) is 6.04 Å². The van der Waals surface area contributed by atoms with Gasteiger partial charge in [0.05, 0.1) is 12.1 Å². The fraction of sp³-hybridized carbons (Fsp3) is 0.688. The Morgan fingerprint density at radius 1 is 1.25 bits per heavy atom. The molecule has 2 rings (SSSR count). The molecule has 1 aliphatic rings. The second kappa shape index (κ2) is 6.93. The van der Waals surface area contributed by atoms with Crippen LogP contribution in [0.1, 0.15) is 63.5 Å². The predicted octanol–water partition coefficient (Wildman–Crippen LogP) is 3.08. The first-order chi connectivity index (χ1) is 9.56. The van der Waals surface area contributed by atoms with E-state index in [2.05, 4.69) is 10.6 Å². The van der Waals surface area contributed by atoms with Gasteiger partial charge < -0.3 is 9.73 Å². The zero-order valence-corrected chi connectivity index (χ0v) is 12.7. The average molecular weight is 278 g/mol. The van der Waals surface area contributed by atoms with Crippen LogP contribution < -0.4 is 10.6 Å². The number of amides is 1. The van der Waals surface area contributed by atoms with Gasteiger partial charge in [-0.15, -0.1) is 0 Å². The summed E-state index contributed by atoms with van der Waals surface area (Å²) in [5.41, 5.74) is 0. The summed E-state index contributed by atoms with van der Waals surface area (Å²) in [6.45, 7) is 5.85. The molecule has 1 aliphatic carbocycles. The van der Waals surface area contributed by atoms with Gasteiger partial charge in [0.15, 0.2) is 0 Å². The van der Waals surface area contributed by atoms with Gasteiger partial charge >= 0.3 is 0 Å². The molecule has 1 fully saturated rings. The lowest BCUT2D eigenvalue weighted by Crippen LogP contribution is -2.47. The Morgan fingerprint density at radius 2 is 1.95 bits per heavy atom. The maximum absolute atomic E-state index is 12.2. The maximum Gasteiger partial charge on any atom is 0.237 e. The predicted molar refractivity (Wildman–Crippen MR) is 79.5 cm³/mol. The Hall–Kier alpha value is -1.29. The summed E-state index contributed by atoms with van der Waals surface area (Å²) in [7, 11) is 0. The van der Waals surface area contributed by atoms with Crippen molar-refractivity contribution in [1.29, 1.82) is 0 Å². The average Bonchev–Trinajstić information content (AvgIpc) is 2.86. The lowest BCUT2D eigenvalue weighted by atomic mass is 9.95. The second-order valence-electron chi connectivity index (χ2n) is 5.90. The third-order valence-electron chi connectivity index (χ3n) is 4.03. The Balaban J connectivity index is 1.80. The van der Waals surface area contributed by atoms with Crippen LogP contribution in [-0.4, -0.2) is 18.0 Å². The molecule has 4 nitrogen and oxygen atoms in total. The van der Waals surface area contributed by atoms with E-state index in [0.717, 1.165) is 24.4 Å². The molecule has 0 aliphatic heterocycles. The van der Waals surface area contributed by atoms with Crippen molar-refractivity contribution in [3.05, 3.63) is 23.7 Å². The summed E-state index contributed by atoms with van der Waals surface area (Å²) in [5.74, 6) is 1.86. The number of nitrogens with one attached hydrogen (secondary N) is 2. The Kier molecular flexibility index (Phi) is 5.24. The molecule has 1 aromatic rings. The van der Waals surface area contributed by atoms with E-state index in [4.69, 9.17) is 4.42 Å². The molecule has 2 atom stereocenters. The summed E-state index contributed by atoms with van der Waals surface area (Å²) in [4.78, 5) is 12.2. The van der Waals surface area contributed by atoms with Gasteiger partial charge in [0.2, 0.25) is 5.91 Å². The van der Waals surface area contributed by atoms with Gasteiger partial charge in [0.1, 0.15) is 11.5 Å². The van der Waals surface area contributed by atoms with Crippen LogP contribution >= 0.6 is 0 Å². The molecule has 0 aromatic carbocycles. The van der Waals surface area contributed by atoms with Crippen molar-refractivity contribution in [2.24, 2.45) is 0 Å². The van der Waals surface area contributed by atoms with E-state index in [9.17, 15) is 4.79 Å². The highest BCUT2D eigenvalue weighted by Crippen LogP contribution is 2.18. The van der Waals surface area contributed by atoms with E-state index in [-0.39, 0.29) is 18.0 Å². The van der Waals surface area contributed by atoms with Crippen LogP contribution in [0.2, 0.25) is 0 Å². The number of aryl methyl sites for hydroxylation is 1. The first kappa shape index (κ1) is 15.1. The quantitative estimate of drug-likeness (QED) is 0.870. The number of rotatable bonds is 5. The van der Waals surface area contributed by atoms with E-state index < -0.39 is 0 Å². The zero-order chi connectivity index (χ0) is 14.5. The highest BCUT2D eigenvalue weighted by Gasteiger charge is 2.21. The Labute approximate surface area is 121 Å². The summed E-state index contributed by atoms with van der Waals surface area (Å²) in [6.07, 6.45) is 6.00. The molecule has 0 spiro atoms. The highest BCUT2D eigenvalue weighted by molar-refractivity contribution is 5.81. The molecule has 2 unspecified atom stereocenters. The smallest absolute Gasteiger partial charge is 0.237 e. The Morgan fingerprint density at radius 3 is 2.55 bits per heavy atom. The minimum atomic E-state index is -0.211. The van der Waals surface area contributed by atoms with Gasteiger partial charge in [-0.1, -0.05) is 19.3 Å². The summed E-state index contributed by atoms with van der Waals surface area (Å²) < 4.78 is 5.58. The monoisotopic (exact) mass is 278 g/mol. The van der Waals surface area contributed by atoms with Crippen molar-refractivity contribution in [2.45, 2.75) is 71.0 Å². The number of hydrogen-bond donors (Lipinski definition) is 2. The van der Waals surface area contributed by atoms with Crippen molar-refractivity contribution in [3.63, 3.8) is 0 Å². The third-order valence-corrected chi connectivity index (χ3v) is 4.03. The summed E-state index contributed by atoms with van der Waals surface area (Å²) >= 11 is 0. The summed E-state index contributed by atoms with van der Waals surface area (Å²) in [6, 6.07) is 4.09. The van der Waals surface area contributed by atoms with Crippen LogP contribution in [0.4, 0.5) is 0 Å². The molecule has 0 radical (unpaired) electrons. The van der Waals surface area contributed by atoms with Crippen molar-refractivity contribution in [2.75, 3.05) is 0 Å². The maximum atomic E-state index is 12.2. The zero-order valence-electron chi connectivity index (χ0n) is 12.7. The van der Waals surface area contributed by atoms with E-state index >= 15 is 0 Å². The number of hydrogen-bond acceptors (Lipinski definition) is 3. The van der Waals surface area contributed by atoms with Crippen LogP contribution in [0.15, 0.2) is 16.5 Å². The number of carbonyl (C=O) groups is 1. The van der Waals surface area contributed by atoms with Gasteiger partial charge in [-0.3, -0.25) is 10.1 Å². The van der Waals surface area contributed by atoms with Crippen LogP contribution in [0, 0.1) is 6.92 Å². The molecule has 0 saturated heterocycles. The van der Waals surface area contributed by atoms with Crippen molar-refractivity contribution in [3.8, 4) is 0 Å². The van der Waals surface area contributed by atoms with Crippen LogP contribution in [-0.2, 0) is 4.79 Å². The molecule has 1 aromatic heterocycles. The molecule has 2 N–H and O–H groups in total. The minimum absolute atomic E-state index is 0.0378. The largest absolute Gasteiger partial charge is 0.465 e. The minimum Gasteiger partial charge on any atom is -0.465 e. The molecule has 4 heteroatoms. The van der Waals surface area contributed by atoms with Crippen LogP contribution in [0.3, 0.4) is 0 Å². The van der Waals surface area contributed by atoms with E-state index in [1.807, 2.05) is 32.9 Å². The summed E-state index contributed by atoms with van der Waals surface area (Å²) in [5, 5.41) is 6.44. The van der Waals surface area contributed by atoms with E-state index in [1.54, 1.807) is 0 Å². The molecule has 1 amide bonds. The van der Waals surface area contributed by atoms with Crippen molar-refractivity contribution >= 4 is 5.91 Å². The number of furan rings is 1. The highest BCUT2D eigenvalue weighted by atomic mass is 16.3. The number of carbonyl (C=O) groups excluding carboxylic acids is 1. The van der Waals surface area contributed by atoms with Gasteiger partial charge in [0.25, 0.3) is 0 Å². The van der Waals surface area contributed by atoms with Gasteiger partial charge in [0, 0.05) is 6.04 Å². The second-order valence-corrected chi connectivity index (χ2v) is 5.90. The lowest BCUT2D eigenvalue weighted by molar-refractivity contribution is -0.123. The van der Waals surface area contributed by atoms with Gasteiger partial charge in [-0.2, -0.15) is 0 Å². The molecule has 112 valence electrons. The standard InChI is InChI=1S/C16H26N2O2/c1-11-9-10-15(20-11)12(2)17-13(3)16(19)18-14-7-5-4-6-8-14/h9-10,12-14,17H,4-8H2,1-3H3,(H,18,19).